The molecule has 0 radical (unpaired) electrons. The maximum Gasteiger partial charge on any atom is 0.290 e. The van der Waals surface area contributed by atoms with Gasteiger partial charge in [0.25, 0.3) is 5.11 Å². The molecule has 1 aromatic carbocycles. The van der Waals surface area contributed by atoms with Gasteiger partial charge in [-0.1, -0.05) is 76.8 Å². The lowest BCUT2D eigenvalue weighted by molar-refractivity contribution is 0.369. The van der Waals surface area contributed by atoms with Crippen molar-refractivity contribution < 1.29 is 4.74 Å². The topological polar surface area (TPSA) is 33.3 Å². The summed E-state index contributed by atoms with van der Waals surface area (Å²) in [5.41, 5.74) is 7.52. The van der Waals surface area contributed by atoms with E-state index in [-0.39, 0.29) is 0 Å². The minimum atomic E-state index is 0.650. The van der Waals surface area contributed by atoms with Crippen LogP contribution in [-0.2, 0) is 0 Å². The SMILES string of the molecule is CCCCCCCCCCCCC[N+]1(c2ccccc2OC)CNNC1=S. The Bertz CT molecular complexity index is 566. The van der Waals surface area contributed by atoms with Crippen molar-refractivity contribution in [3.63, 3.8) is 0 Å². The third kappa shape index (κ3) is 6.44. The van der Waals surface area contributed by atoms with Crippen molar-refractivity contribution in [1.29, 1.82) is 0 Å². The number of hydrazine groups is 1. The molecule has 1 heterocycles. The van der Waals surface area contributed by atoms with Gasteiger partial charge < -0.3 is 4.74 Å². The number of methoxy groups -OCH3 is 1. The Hall–Kier alpha value is -1.17. The fraction of sp³-hybridized carbons (Fsp3) is 0.682. The summed E-state index contributed by atoms with van der Waals surface area (Å²) in [5.74, 6) is 0.911. The van der Waals surface area contributed by atoms with Crippen LogP contribution in [0.25, 0.3) is 0 Å². The molecular weight excluding hydrogens is 354 g/mol. The molecule has 0 saturated carbocycles. The maximum atomic E-state index is 5.66. The van der Waals surface area contributed by atoms with Crippen LogP contribution in [-0.4, -0.2) is 25.4 Å². The predicted octanol–water partition coefficient (Wildman–Crippen LogP) is 5.66. The Morgan fingerprint density at radius 3 is 2.07 bits per heavy atom. The summed E-state index contributed by atoms with van der Waals surface area (Å²) >= 11 is 5.66. The van der Waals surface area contributed by atoms with Crippen molar-refractivity contribution >= 4 is 23.0 Å². The highest BCUT2D eigenvalue weighted by Gasteiger charge is 2.42. The van der Waals surface area contributed by atoms with Gasteiger partial charge in [-0.2, -0.15) is 5.43 Å². The van der Waals surface area contributed by atoms with Crippen LogP contribution >= 0.6 is 12.2 Å². The quantitative estimate of drug-likeness (QED) is 0.243. The number of thiocarbonyl (C=S) groups is 1. The molecule has 0 bridgehead atoms. The highest BCUT2D eigenvalue weighted by Crippen LogP contribution is 2.35. The monoisotopic (exact) mass is 392 g/mol. The highest BCUT2D eigenvalue weighted by atomic mass is 32.1. The lowest BCUT2D eigenvalue weighted by atomic mass is 10.1. The van der Waals surface area contributed by atoms with E-state index in [0.717, 1.165) is 29.8 Å². The first kappa shape index (κ1) is 22.1. The van der Waals surface area contributed by atoms with Crippen LogP contribution in [0.1, 0.15) is 77.6 Å². The van der Waals surface area contributed by atoms with Crippen LogP contribution in [0.3, 0.4) is 0 Å². The van der Waals surface area contributed by atoms with Crippen molar-refractivity contribution in [2.24, 2.45) is 0 Å². The number of ether oxygens (including phenoxy) is 1. The molecular formula is C22H38N3OS+. The Morgan fingerprint density at radius 1 is 0.926 bits per heavy atom. The van der Waals surface area contributed by atoms with Crippen LogP contribution in [0, 0.1) is 0 Å². The molecule has 0 aliphatic carbocycles. The Kier molecular flexibility index (Phi) is 10.1. The molecule has 1 aromatic rings. The molecule has 2 N–H and O–H groups in total. The first-order chi connectivity index (χ1) is 13.2. The lowest BCUT2D eigenvalue weighted by Gasteiger charge is -2.31. The van der Waals surface area contributed by atoms with Crippen molar-refractivity contribution in [3.8, 4) is 5.75 Å². The number of para-hydroxylation sites is 2. The van der Waals surface area contributed by atoms with Gasteiger partial charge in [0.05, 0.1) is 13.7 Å². The van der Waals surface area contributed by atoms with Crippen LogP contribution in [0.5, 0.6) is 5.75 Å². The number of benzene rings is 1. The second-order valence-corrected chi connectivity index (χ2v) is 8.05. The number of hydrogen-bond donors (Lipinski definition) is 2. The molecule has 0 aromatic heterocycles. The molecule has 1 aliphatic rings. The number of hydrogen-bond acceptors (Lipinski definition) is 3. The summed E-state index contributed by atoms with van der Waals surface area (Å²) in [6.07, 6.45) is 14.9. The van der Waals surface area contributed by atoms with Gasteiger partial charge in [-0.15, -0.1) is 0 Å². The summed E-state index contributed by atoms with van der Waals surface area (Å²) < 4.78 is 6.26. The number of nitrogens with one attached hydrogen (secondary N) is 2. The number of rotatable bonds is 14. The van der Waals surface area contributed by atoms with Crippen molar-refractivity contribution in [2.45, 2.75) is 77.6 Å². The number of unbranched alkanes of at least 4 members (excludes halogenated alkanes) is 10. The first-order valence-corrected chi connectivity index (χ1v) is 11.2. The second-order valence-electron chi connectivity index (χ2n) is 7.66. The van der Waals surface area contributed by atoms with E-state index in [4.69, 9.17) is 17.0 Å². The van der Waals surface area contributed by atoms with E-state index in [1.807, 2.05) is 12.1 Å². The molecule has 1 unspecified atom stereocenters. The number of quaternary nitrogens is 1. The molecule has 152 valence electrons. The zero-order chi connectivity index (χ0) is 19.4. The van der Waals surface area contributed by atoms with Crippen LogP contribution in [0.2, 0.25) is 0 Å². The van der Waals surface area contributed by atoms with Crippen LogP contribution in [0.15, 0.2) is 24.3 Å². The third-order valence-corrected chi connectivity index (χ3v) is 6.07. The molecule has 27 heavy (non-hydrogen) atoms. The van der Waals surface area contributed by atoms with Crippen LogP contribution < -0.4 is 20.1 Å². The summed E-state index contributed by atoms with van der Waals surface area (Å²) in [6.45, 7) is 4.06. The van der Waals surface area contributed by atoms with E-state index in [0.29, 0.717) is 4.48 Å². The fourth-order valence-electron chi connectivity index (χ4n) is 3.95. The Morgan fingerprint density at radius 2 is 1.52 bits per heavy atom. The zero-order valence-electron chi connectivity index (χ0n) is 17.3. The molecule has 1 atom stereocenters. The van der Waals surface area contributed by atoms with Crippen LogP contribution in [0.4, 0.5) is 5.69 Å². The molecule has 4 nitrogen and oxygen atoms in total. The lowest BCUT2D eigenvalue weighted by Crippen LogP contribution is -2.52. The standard InChI is InChI=1S/C22H37N3OS/c1-3-4-5-6-7-8-9-10-11-12-15-18-25(19-23-24-22(25)27)20-16-13-14-17-21(20)26-2/h13-14,16-17,23H,3-12,15,18-19H2,1-2H3/p+1. The predicted molar refractivity (Wildman–Crippen MR) is 120 cm³/mol. The molecule has 1 fully saturated rings. The second kappa shape index (κ2) is 12.3. The summed E-state index contributed by atoms with van der Waals surface area (Å²) in [5, 5.41) is 0.839. The largest absolute Gasteiger partial charge is 0.491 e. The molecule has 0 amide bonds. The Labute approximate surface area is 171 Å². The van der Waals surface area contributed by atoms with E-state index in [1.54, 1.807) is 7.11 Å². The Balaban J connectivity index is 1.73. The van der Waals surface area contributed by atoms with E-state index in [9.17, 15) is 0 Å². The van der Waals surface area contributed by atoms with Gasteiger partial charge in [0.2, 0.25) is 0 Å². The minimum absolute atomic E-state index is 0.650. The average molecular weight is 393 g/mol. The highest BCUT2D eigenvalue weighted by molar-refractivity contribution is 7.80. The van der Waals surface area contributed by atoms with Gasteiger partial charge in [0.1, 0.15) is 0 Å². The van der Waals surface area contributed by atoms with Gasteiger partial charge >= 0.3 is 0 Å². The fourth-order valence-corrected chi connectivity index (χ4v) is 4.28. The average Bonchev–Trinajstić information content (AvgIpc) is 3.07. The van der Waals surface area contributed by atoms with Gasteiger partial charge in [0, 0.05) is 18.3 Å². The van der Waals surface area contributed by atoms with Gasteiger partial charge in [0.15, 0.2) is 18.1 Å². The molecule has 0 spiro atoms. The van der Waals surface area contributed by atoms with E-state index >= 15 is 0 Å². The maximum absolute atomic E-state index is 5.66. The first-order valence-electron chi connectivity index (χ1n) is 10.8. The van der Waals surface area contributed by atoms with E-state index in [1.165, 1.54) is 70.6 Å². The summed E-state index contributed by atoms with van der Waals surface area (Å²) in [6, 6.07) is 8.25. The van der Waals surface area contributed by atoms with Gasteiger partial charge in [-0.25, -0.2) is 4.48 Å². The summed E-state index contributed by atoms with van der Waals surface area (Å²) in [7, 11) is 1.73. The molecule has 2 rings (SSSR count). The normalized spacial score (nSPS) is 19.3. The summed E-state index contributed by atoms with van der Waals surface area (Å²) in [4.78, 5) is 0. The number of nitrogens with zero attached hydrogens (tertiary/aromatic N) is 1. The minimum Gasteiger partial charge on any atom is -0.491 e. The van der Waals surface area contributed by atoms with Gasteiger partial charge in [-0.3, -0.25) is 5.43 Å². The third-order valence-electron chi connectivity index (χ3n) is 5.62. The zero-order valence-corrected chi connectivity index (χ0v) is 18.1. The van der Waals surface area contributed by atoms with E-state index in [2.05, 4.69) is 29.9 Å². The van der Waals surface area contributed by atoms with Crippen molar-refractivity contribution in [2.75, 3.05) is 20.3 Å². The molecule has 1 saturated heterocycles. The van der Waals surface area contributed by atoms with E-state index < -0.39 is 0 Å². The van der Waals surface area contributed by atoms with Crippen molar-refractivity contribution in [3.05, 3.63) is 24.3 Å². The molecule has 5 heteroatoms. The molecule has 1 aliphatic heterocycles. The van der Waals surface area contributed by atoms with Gasteiger partial charge in [-0.05, 0) is 18.9 Å². The smallest absolute Gasteiger partial charge is 0.290 e. The van der Waals surface area contributed by atoms with Crippen molar-refractivity contribution in [1.82, 2.24) is 15.3 Å².